The van der Waals surface area contributed by atoms with Crippen LogP contribution < -0.4 is 10.1 Å². The Hall–Kier alpha value is -0.730. The van der Waals surface area contributed by atoms with Crippen molar-refractivity contribution < 1.29 is 4.74 Å². The van der Waals surface area contributed by atoms with Crippen LogP contribution in [0.25, 0.3) is 0 Å². The molecule has 0 saturated heterocycles. The average molecular weight is 256 g/mol. The van der Waals surface area contributed by atoms with Crippen molar-refractivity contribution in [3.05, 3.63) is 28.8 Å². The Morgan fingerprint density at radius 2 is 2.00 bits per heavy atom. The van der Waals surface area contributed by atoms with E-state index in [1.807, 2.05) is 0 Å². The molecular weight excluding hydrogens is 234 g/mol. The summed E-state index contributed by atoms with van der Waals surface area (Å²) in [6, 6.07) is 4.30. The molecule has 0 unspecified atom stereocenters. The molecule has 0 atom stereocenters. The molecule has 0 spiro atoms. The van der Waals surface area contributed by atoms with Crippen molar-refractivity contribution in [1.82, 2.24) is 5.32 Å². The summed E-state index contributed by atoms with van der Waals surface area (Å²) in [6.07, 6.45) is 2.02. The SMILES string of the molecule is COc1cc(C)cc(C)c1CCNCCCCl. The number of rotatable bonds is 7. The standard InChI is InChI=1S/C14H22ClNO/c1-11-9-12(2)13(14(10-11)17-3)5-8-16-7-4-6-15/h9-10,16H,4-8H2,1-3H3. The quantitative estimate of drug-likeness (QED) is 0.597. The molecule has 0 heterocycles. The molecule has 0 aliphatic heterocycles. The van der Waals surface area contributed by atoms with Gasteiger partial charge in [-0.3, -0.25) is 0 Å². The predicted octanol–water partition coefficient (Wildman–Crippen LogP) is 3.07. The van der Waals surface area contributed by atoms with E-state index in [1.165, 1.54) is 16.7 Å². The average Bonchev–Trinajstić information content (AvgIpc) is 2.30. The molecule has 0 bridgehead atoms. The van der Waals surface area contributed by atoms with Crippen molar-refractivity contribution in [2.24, 2.45) is 0 Å². The number of nitrogens with one attached hydrogen (secondary N) is 1. The minimum Gasteiger partial charge on any atom is -0.496 e. The minimum absolute atomic E-state index is 0.722. The zero-order chi connectivity index (χ0) is 12.7. The summed E-state index contributed by atoms with van der Waals surface area (Å²) in [5.74, 6) is 1.72. The van der Waals surface area contributed by atoms with Crippen molar-refractivity contribution in [1.29, 1.82) is 0 Å². The number of aryl methyl sites for hydroxylation is 2. The monoisotopic (exact) mass is 255 g/mol. The lowest BCUT2D eigenvalue weighted by Crippen LogP contribution is -2.19. The molecule has 1 rings (SSSR count). The molecule has 2 nitrogen and oxygen atoms in total. The van der Waals surface area contributed by atoms with Crippen LogP contribution in [0.1, 0.15) is 23.1 Å². The third kappa shape index (κ3) is 4.57. The molecule has 1 aromatic rings. The van der Waals surface area contributed by atoms with Gasteiger partial charge in [0.15, 0.2) is 0 Å². The van der Waals surface area contributed by atoms with Crippen LogP contribution in [0, 0.1) is 13.8 Å². The summed E-state index contributed by atoms with van der Waals surface area (Å²) in [7, 11) is 1.73. The normalized spacial score (nSPS) is 10.6. The Morgan fingerprint density at radius 3 is 2.65 bits per heavy atom. The van der Waals surface area contributed by atoms with Crippen molar-refractivity contribution >= 4 is 11.6 Å². The Morgan fingerprint density at radius 1 is 1.24 bits per heavy atom. The van der Waals surface area contributed by atoms with E-state index in [2.05, 4.69) is 31.3 Å². The van der Waals surface area contributed by atoms with Crippen LogP contribution >= 0.6 is 11.6 Å². The predicted molar refractivity (Wildman–Crippen MR) is 74.4 cm³/mol. The highest BCUT2D eigenvalue weighted by Gasteiger charge is 2.06. The number of ether oxygens (including phenoxy) is 1. The van der Waals surface area contributed by atoms with E-state index in [-0.39, 0.29) is 0 Å². The number of benzene rings is 1. The molecule has 0 aliphatic carbocycles. The van der Waals surface area contributed by atoms with Gasteiger partial charge in [0.1, 0.15) is 5.75 Å². The summed E-state index contributed by atoms with van der Waals surface area (Å²) in [4.78, 5) is 0. The van der Waals surface area contributed by atoms with E-state index in [4.69, 9.17) is 16.3 Å². The Balaban J connectivity index is 2.57. The van der Waals surface area contributed by atoms with E-state index in [0.717, 1.165) is 37.6 Å². The first-order valence-electron chi connectivity index (χ1n) is 6.09. The smallest absolute Gasteiger partial charge is 0.122 e. The second-order valence-corrected chi connectivity index (χ2v) is 4.68. The maximum Gasteiger partial charge on any atom is 0.122 e. The first-order chi connectivity index (χ1) is 8.19. The third-order valence-electron chi connectivity index (χ3n) is 2.84. The highest BCUT2D eigenvalue weighted by Crippen LogP contribution is 2.24. The van der Waals surface area contributed by atoms with Gasteiger partial charge in [0.2, 0.25) is 0 Å². The third-order valence-corrected chi connectivity index (χ3v) is 3.10. The van der Waals surface area contributed by atoms with Gasteiger partial charge < -0.3 is 10.1 Å². The topological polar surface area (TPSA) is 21.3 Å². The number of alkyl halides is 1. The maximum atomic E-state index is 5.63. The van der Waals surface area contributed by atoms with E-state index >= 15 is 0 Å². The van der Waals surface area contributed by atoms with Gasteiger partial charge in [-0.2, -0.15) is 0 Å². The Labute approximate surface area is 109 Å². The summed E-state index contributed by atoms with van der Waals surface area (Å²) in [6.45, 7) is 6.19. The van der Waals surface area contributed by atoms with Gasteiger partial charge in [-0.05, 0) is 62.5 Å². The van der Waals surface area contributed by atoms with Crippen LogP contribution in [0.15, 0.2) is 12.1 Å². The Bertz CT molecular complexity index is 352. The lowest BCUT2D eigenvalue weighted by atomic mass is 10.0. The first kappa shape index (κ1) is 14.3. The number of hydrogen-bond acceptors (Lipinski definition) is 2. The van der Waals surface area contributed by atoms with Crippen LogP contribution in [0.4, 0.5) is 0 Å². The second-order valence-electron chi connectivity index (χ2n) is 4.31. The van der Waals surface area contributed by atoms with Crippen molar-refractivity contribution in [3.63, 3.8) is 0 Å². The molecule has 0 aliphatic rings. The van der Waals surface area contributed by atoms with Gasteiger partial charge >= 0.3 is 0 Å². The fraction of sp³-hybridized carbons (Fsp3) is 0.571. The van der Waals surface area contributed by atoms with Gasteiger partial charge in [0.05, 0.1) is 7.11 Å². The second kappa shape index (κ2) is 7.57. The first-order valence-corrected chi connectivity index (χ1v) is 6.63. The van der Waals surface area contributed by atoms with E-state index < -0.39 is 0 Å². The minimum atomic E-state index is 0.722. The highest BCUT2D eigenvalue weighted by molar-refractivity contribution is 6.17. The van der Waals surface area contributed by atoms with Crippen LogP contribution in [-0.2, 0) is 6.42 Å². The highest BCUT2D eigenvalue weighted by atomic mass is 35.5. The van der Waals surface area contributed by atoms with Crippen LogP contribution in [0.2, 0.25) is 0 Å². The summed E-state index contributed by atoms with van der Waals surface area (Å²) in [5.41, 5.74) is 3.86. The largest absolute Gasteiger partial charge is 0.496 e. The lowest BCUT2D eigenvalue weighted by Gasteiger charge is -2.13. The van der Waals surface area contributed by atoms with Crippen molar-refractivity contribution in [3.8, 4) is 5.75 Å². The summed E-state index contributed by atoms with van der Waals surface area (Å²) in [5, 5.41) is 3.39. The van der Waals surface area contributed by atoms with Gasteiger partial charge in [-0.1, -0.05) is 6.07 Å². The van der Waals surface area contributed by atoms with Gasteiger partial charge in [0.25, 0.3) is 0 Å². The zero-order valence-electron chi connectivity index (χ0n) is 11.0. The molecule has 0 amide bonds. The van der Waals surface area contributed by atoms with Crippen LogP contribution in [0.3, 0.4) is 0 Å². The zero-order valence-corrected chi connectivity index (χ0v) is 11.7. The van der Waals surface area contributed by atoms with E-state index in [9.17, 15) is 0 Å². The van der Waals surface area contributed by atoms with Gasteiger partial charge in [-0.15, -0.1) is 11.6 Å². The molecule has 96 valence electrons. The van der Waals surface area contributed by atoms with Gasteiger partial charge in [0, 0.05) is 5.88 Å². The van der Waals surface area contributed by atoms with Gasteiger partial charge in [-0.25, -0.2) is 0 Å². The van der Waals surface area contributed by atoms with E-state index in [0.29, 0.717) is 0 Å². The molecule has 1 N–H and O–H groups in total. The number of hydrogen-bond donors (Lipinski definition) is 1. The summed E-state index contributed by atoms with van der Waals surface area (Å²) >= 11 is 5.63. The molecule has 0 fully saturated rings. The van der Waals surface area contributed by atoms with Crippen molar-refractivity contribution in [2.45, 2.75) is 26.7 Å². The molecule has 1 aromatic carbocycles. The maximum absolute atomic E-state index is 5.63. The number of halogens is 1. The fourth-order valence-electron chi connectivity index (χ4n) is 1.99. The molecule has 0 aromatic heterocycles. The molecular formula is C14H22ClNO. The van der Waals surface area contributed by atoms with Crippen molar-refractivity contribution in [2.75, 3.05) is 26.1 Å². The number of methoxy groups -OCH3 is 1. The summed E-state index contributed by atoms with van der Waals surface area (Å²) < 4.78 is 5.44. The molecule has 0 saturated carbocycles. The molecule has 0 radical (unpaired) electrons. The fourth-order valence-corrected chi connectivity index (χ4v) is 2.12. The van der Waals surface area contributed by atoms with E-state index in [1.54, 1.807) is 7.11 Å². The van der Waals surface area contributed by atoms with Crippen LogP contribution in [-0.4, -0.2) is 26.1 Å². The Kier molecular flexibility index (Phi) is 6.38. The molecule has 3 heteroatoms. The molecule has 17 heavy (non-hydrogen) atoms. The lowest BCUT2D eigenvalue weighted by molar-refractivity contribution is 0.408. The van der Waals surface area contributed by atoms with Crippen LogP contribution in [0.5, 0.6) is 5.75 Å².